The summed E-state index contributed by atoms with van der Waals surface area (Å²) in [5.41, 5.74) is 10.4. The molecule has 1 atom stereocenters. The molecule has 0 radical (unpaired) electrons. The van der Waals surface area contributed by atoms with Crippen LogP contribution in [-0.4, -0.2) is 9.78 Å². The molecule has 0 saturated heterocycles. The molecule has 2 N–H and O–H groups in total. The molecule has 5 nitrogen and oxygen atoms in total. The average molecular weight is 458 g/mol. The largest absolute Gasteiger partial charge is 0.440 e. The number of hydrogen-bond acceptors (Lipinski definition) is 4. The van der Waals surface area contributed by atoms with Crippen LogP contribution in [0.2, 0.25) is 0 Å². The molecule has 0 aliphatic carbocycles. The van der Waals surface area contributed by atoms with E-state index < -0.39 is 5.92 Å². The zero-order valence-electron chi connectivity index (χ0n) is 18.5. The third-order valence-corrected chi connectivity index (χ3v) is 6.31. The van der Waals surface area contributed by atoms with Gasteiger partial charge in [-0.1, -0.05) is 48.5 Å². The van der Waals surface area contributed by atoms with Gasteiger partial charge in [-0.25, -0.2) is 9.07 Å². The number of nitriles is 1. The maximum atomic E-state index is 13.8. The molecule has 35 heavy (non-hydrogen) atoms. The fourth-order valence-electron chi connectivity index (χ4n) is 4.70. The van der Waals surface area contributed by atoms with Crippen LogP contribution >= 0.6 is 0 Å². The first-order valence-corrected chi connectivity index (χ1v) is 11.1. The van der Waals surface area contributed by atoms with Crippen molar-refractivity contribution in [3.05, 3.63) is 126 Å². The number of benzene rings is 4. The number of nitrogens with two attached hydrogens (primary N) is 1. The Morgan fingerprint density at radius 2 is 1.66 bits per heavy atom. The molecule has 1 aromatic heterocycles. The third-order valence-electron chi connectivity index (χ3n) is 6.31. The van der Waals surface area contributed by atoms with Crippen LogP contribution in [0.3, 0.4) is 0 Å². The van der Waals surface area contributed by atoms with E-state index in [1.807, 2.05) is 72.9 Å². The topological polar surface area (TPSA) is 76.9 Å². The monoisotopic (exact) mass is 458 g/mol. The van der Waals surface area contributed by atoms with Crippen molar-refractivity contribution < 1.29 is 9.13 Å². The summed E-state index contributed by atoms with van der Waals surface area (Å²) >= 11 is 0. The summed E-state index contributed by atoms with van der Waals surface area (Å²) < 4.78 is 21.4. The van der Waals surface area contributed by atoms with E-state index in [4.69, 9.17) is 15.6 Å². The molecule has 0 unspecified atom stereocenters. The lowest BCUT2D eigenvalue weighted by molar-refractivity contribution is 0.395. The Balaban J connectivity index is 1.67. The van der Waals surface area contributed by atoms with Gasteiger partial charge in [-0.05, 0) is 53.2 Å². The van der Waals surface area contributed by atoms with Gasteiger partial charge in [0.15, 0.2) is 0 Å². The minimum Gasteiger partial charge on any atom is -0.440 e. The molecule has 0 saturated carbocycles. The van der Waals surface area contributed by atoms with E-state index in [0.29, 0.717) is 17.0 Å². The first-order chi connectivity index (χ1) is 17.1. The molecule has 4 aromatic carbocycles. The number of ether oxygens (including phenoxy) is 1. The zero-order chi connectivity index (χ0) is 23.9. The van der Waals surface area contributed by atoms with E-state index in [1.54, 1.807) is 16.8 Å². The van der Waals surface area contributed by atoms with Gasteiger partial charge in [0.25, 0.3) is 0 Å². The maximum Gasteiger partial charge on any atom is 0.205 e. The normalized spacial score (nSPS) is 14.9. The first-order valence-electron chi connectivity index (χ1n) is 11.1. The van der Waals surface area contributed by atoms with E-state index in [-0.39, 0.29) is 11.7 Å². The minimum absolute atomic E-state index is 0.0674. The van der Waals surface area contributed by atoms with Crippen LogP contribution in [-0.2, 0) is 0 Å². The Labute approximate surface area is 201 Å². The van der Waals surface area contributed by atoms with Crippen molar-refractivity contribution in [3.8, 4) is 28.8 Å². The van der Waals surface area contributed by atoms with Gasteiger partial charge in [0.2, 0.25) is 5.88 Å². The smallest absolute Gasteiger partial charge is 0.205 e. The van der Waals surface area contributed by atoms with E-state index in [9.17, 15) is 9.65 Å². The summed E-state index contributed by atoms with van der Waals surface area (Å²) in [6, 6.07) is 30.0. The number of allylic oxidation sites excluding steroid dienone is 1. The lowest BCUT2D eigenvalue weighted by Crippen LogP contribution is -2.21. The molecule has 6 rings (SSSR count). The van der Waals surface area contributed by atoms with Crippen molar-refractivity contribution in [2.45, 2.75) is 5.92 Å². The summed E-state index contributed by atoms with van der Waals surface area (Å²) in [5, 5.41) is 17.0. The number of fused-ring (bicyclic) bond motifs is 3. The highest BCUT2D eigenvalue weighted by atomic mass is 19.1. The SMILES string of the molecule is N#CC1=C(N)Oc2ccc3ccccc3c2[C@H]1c1cn(-c2ccccc2)nc1-c1ccc(F)cc1. The molecule has 0 spiro atoms. The zero-order valence-corrected chi connectivity index (χ0v) is 18.5. The highest BCUT2D eigenvalue weighted by Crippen LogP contribution is 2.47. The predicted octanol–water partition coefficient (Wildman–Crippen LogP) is 6.05. The van der Waals surface area contributed by atoms with Crippen LogP contribution < -0.4 is 10.5 Å². The van der Waals surface area contributed by atoms with Gasteiger partial charge in [0.1, 0.15) is 23.2 Å². The van der Waals surface area contributed by atoms with Gasteiger partial charge in [-0.2, -0.15) is 10.4 Å². The predicted molar refractivity (Wildman–Crippen MR) is 132 cm³/mol. The van der Waals surface area contributed by atoms with Crippen molar-refractivity contribution in [2.24, 2.45) is 5.73 Å². The second kappa shape index (κ2) is 8.15. The maximum absolute atomic E-state index is 13.8. The number of rotatable bonds is 3. The van der Waals surface area contributed by atoms with Crippen molar-refractivity contribution in [2.75, 3.05) is 0 Å². The molecule has 0 bridgehead atoms. The molecule has 6 heteroatoms. The van der Waals surface area contributed by atoms with Gasteiger partial charge in [-0.15, -0.1) is 0 Å². The summed E-state index contributed by atoms with van der Waals surface area (Å²) in [7, 11) is 0. The van der Waals surface area contributed by atoms with E-state index in [0.717, 1.165) is 33.2 Å². The lowest BCUT2D eigenvalue weighted by atomic mass is 9.80. The number of aromatic nitrogens is 2. The molecule has 0 amide bonds. The lowest BCUT2D eigenvalue weighted by Gasteiger charge is -2.27. The number of para-hydroxylation sites is 1. The van der Waals surface area contributed by atoms with E-state index >= 15 is 0 Å². The second-order valence-corrected chi connectivity index (χ2v) is 8.34. The molecule has 1 aliphatic heterocycles. The summed E-state index contributed by atoms with van der Waals surface area (Å²) in [6.07, 6.45) is 1.92. The van der Waals surface area contributed by atoms with Crippen molar-refractivity contribution in [1.29, 1.82) is 5.26 Å². The van der Waals surface area contributed by atoms with Gasteiger partial charge < -0.3 is 10.5 Å². The van der Waals surface area contributed by atoms with Gasteiger partial charge in [0, 0.05) is 22.9 Å². The summed E-state index contributed by atoms with van der Waals surface area (Å²) in [4.78, 5) is 0. The Bertz CT molecular complexity index is 1650. The van der Waals surface area contributed by atoms with Crippen molar-refractivity contribution in [1.82, 2.24) is 9.78 Å². The quantitative estimate of drug-likeness (QED) is 0.357. The molecule has 5 aromatic rings. The van der Waals surface area contributed by atoms with Gasteiger partial charge in [-0.3, -0.25) is 0 Å². The van der Waals surface area contributed by atoms with Crippen LogP contribution in [0.5, 0.6) is 5.75 Å². The Kier molecular flexibility index (Phi) is 4.82. The van der Waals surface area contributed by atoms with Crippen molar-refractivity contribution >= 4 is 10.8 Å². The molecule has 168 valence electrons. The number of nitrogens with zero attached hydrogens (tertiary/aromatic N) is 3. The summed E-state index contributed by atoms with van der Waals surface area (Å²) in [5.74, 6) is -0.185. The van der Waals surface area contributed by atoms with Gasteiger partial charge in [0.05, 0.1) is 17.3 Å². The fraction of sp³-hybridized carbons (Fsp3) is 0.0345. The van der Waals surface area contributed by atoms with Crippen molar-refractivity contribution in [3.63, 3.8) is 0 Å². The van der Waals surface area contributed by atoms with Crippen LogP contribution in [0.15, 0.2) is 109 Å². The Morgan fingerprint density at radius 3 is 2.43 bits per heavy atom. The van der Waals surface area contributed by atoms with Crippen LogP contribution in [0, 0.1) is 17.1 Å². The summed E-state index contributed by atoms with van der Waals surface area (Å²) in [6.45, 7) is 0. The molecule has 0 fully saturated rings. The first kappa shape index (κ1) is 20.7. The molecule has 2 heterocycles. The number of halogens is 1. The highest BCUT2D eigenvalue weighted by molar-refractivity contribution is 5.90. The standard InChI is InChI=1S/C29H19FN4O/c30-20-13-10-19(11-14-20)28-24(17-34(33-28)21-7-2-1-3-8-21)26-23(16-31)29(32)35-25-15-12-18-6-4-5-9-22(18)27(25)26/h1-15,17,26H,32H2/t26-/m1/s1. The second-order valence-electron chi connectivity index (χ2n) is 8.34. The van der Waals surface area contributed by atoms with Gasteiger partial charge >= 0.3 is 0 Å². The van der Waals surface area contributed by atoms with Crippen LogP contribution in [0.4, 0.5) is 4.39 Å². The molecular formula is C29H19FN4O. The highest BCUT2D eigenvalue weighted by Gasteiger charge is 2.35. The average Bonchev–Trinajstić information content (AvgIpc) is 3.34. The van der Waals surface area contributed by atoms with E-state index in [2.05, 4.69) is 6.07 Å². The Morgan fingerprint density at radius 1 is 0.914 bits per heavy atom. The molecular weight excluding hydrogens is 439 g/mol. The van der Waals surface area contributed by atoms with E-state index in [1.165, 1.54) is 12.1 Å². The molecule has 1 aliphatic rings. The van der Waals surface area contributed by atoms with Crippen LogP contribution in [0.25, 0.3) is 27.7 Å². The Hall–Kier alpha value is -4.89. The van der Waals surface area contributed by atoms with Crippen LogP contribution in [0.1, 0.15) is 17.0 Å². The minimum atomic E-state index is -0.521. The fourth-order valence-corrected chi connectivity index (χ4v) is 4.70. The number of hydrogen-bond donors (Lipinski definition) is 1. The third kappa shape index (κ3) is 3.42.